The molecular formula is C20H24N4O3. The Balaban J connectivity index is 1.36. The Labute approximate surface area is 157 Å². The quantitative estimate of drug-likeness (QED) is 0.722. The third-order valence-corrected chi connectivity index (χ3v) is 5.04. The van der Waals surface area contributed by atoms with Crippen LogP contribution in [0.1, 0.15) is 43.6 Å². The van der Waals surface area contributed by atoms with E-state index in [0.717, 1.165) is 42.7 Å². The molecule has 0 aliphatic carbocycles. The molecule has 1 saturated heterocycles. The first kappa shape index (κ1) is 17.6. The van der Waals surface area contributed by atoms with Gasteiger partial charge in [0.25, 0.3) is 5.88 Å². The van der Waals surface area contributed by atoms with Crippen molar-refractivity contribution in [3.8, 4) is 5.88 Å². The number of H-pyrrole nitrogens is 1. The van der Waals surface area contributed by atoms with Crippen molar-refractivity contribution < 1.29 is 14.1 Å². The zero-order valence-corrected chi connectivity index (χ0v) is 15.5. The lowest BCUT2D eigenvalue weighted by Gasteiger charge is -2.32. The molecule has 1 fully saturated rings. The van der Waals surface area contributed by atoms with Gasteiger partial charge in [-0.1, -0.05) is 0 Å². The Morgan fingerprint density at radius 1 is 1.44 bits per heavy atom. The molecule has 7 heteroatoms. The number of pyridine rings is 1. The average molecular weight is 368 g/mol. The molecule has 1 unspecified atom stereocenters. The Morgan fingerprint density at radius 2 is 2.37 bits per heavy atom. The molecule has 1 aliphatic heterocycles. The van der Waals surface area contributed by atoms with Crippen LogP contribution in [0.25, 0.3) is 11.0 Å². The van der Waals surface area contributed by atoms with E-state index in [2.05, 4.69) is 27.3 Å². The minimum Gasteiger partial charge on any atom is -0.476 e. The average Bonchev–Trinajstić information content (AvgIpc) is 3.33. The number of hydrogen-bond acceptors (Lipinski definition) is 5. The summed E-state index contributed by atoms with van der Waals surface area (Å²) in [4.78, 5) is 22.4. The highest BCUT2D eigenvalue weighted by molar-refractivity contribution is 5.77. The van der Waals surface area contributed by atoms with Crippen LogP contribution < -0.4 is 4.74 Å². The number of carbonyl (C=O) groups is 1. The number of carbonyl (C=O) groups excluding carboxylic acids is 1. The zero-order valence-electron chi connectivity index (χ0n) is 15.5. The van der Waals surface area contributed by atoms with Gasteiger partial charge in [0.15, 0.2) is 0 Å². The lowest BCUT2D eigenvalue weighted by Crippen LogP contribution is -2.39. The van der Waals surface area contributed by atoms with Gasteiger partial charge in [0.05, 0.1) is 6.61 Å². The van der Waals surface area contributed by atoms with Gasteiger partial charge in [-0.15, -0.1) is 0 Å². The number of likely N-dealkylation sites (tertiary alicyclic amines) is 1. The third-order valence-electron chi connectivity index (χ3n) is 5.04. The van der Waals surface area contributed by atoms with Crippen LogP contribution in [0.2, 0.25) is 0 Å². The van der Waals surface area contributed by atoms with Crippen molar-refractivity contribution in [2.75, 3.05) is 19.7 Å². The molecule has 0 spiro atoms. The summed E-state index contributed by atoms with van der Waals surface area (Å²) in [7, 11) is 0. The van der Waals surface area contributed by atoms with E-state index in [-0.39, 0.29) is 5.91 Å². The molecule has 7 nitrogen and oxygen atoms in total. The number of rotatable bonds is 6. The molecule has 1 aliphatic rings. The van der Waals surface area contributed by atoms with E-state index in [1.54, 1.807) is 12.3 Å². The van der Waals surface area contributed by atoms with Crippen LogP contribution in [0.15, 0.2) is 35.0 Å². The normalized spacial score (nSPS) is 17.4. The number of piperidine rings is 1. The maximum atomic E-state index is 12.7. The number of amides is 1. The minimum atomic E-state index is 0.156. The summed E-state index contributed by atoms with van der Waals surface area (Å²) in [5.74, 6) is 1.64. The van der Waals surface area contributed by atoms with E-state index in [1.165, 1.54) is 0 Å². The van der Waals surface area contributed by atoms with Gasteiger partial charge in [-0.25, -0.2) is 4.98 Å². The van der Waals surface area contributed by atoms with Crippen molar-refractivity contribution in [2.45, 2.75) is 38.5 Å². The largest absolute Gasteiger partial charge is 0.476 e. The number of fused-ring (bicyclic) bond motifs is 1. The van der Waals surface area contributed by atoms with Crippen molar-refractivity contribution in [1.82, 2.24) is 20.0 Å². The standard InChI is InChI=1S/C20H24N4O3/c1-2-26-18-12-16(27-23-18)7-8-19(25)24-10-4-6-15(13-24)17-11-14-5-3-9-21-20(14)22-17/h3,5,9,11-12,15H,2,4,6-8,10,13H2,1H3,(H,21,22). The monoisotopic (exact) mass is 368 g/mol. The van der Waals surface area contributed by atoms with Gasteiger partial charge in [0, 0.05) is 55.2 Å². The van der Waals surface area contributed by atoms with Gasteiger partial charge in [0.1, 0.15) is 11.4 Å². The lowest BCUT2D eigenvalue weighted by atomic mass is 9.94. The minimum absolute atomic E-state index is 0.156. The van der Waals surface area contributed by atoms with Gasteiger partial charge in [-0.05, 0) is 43.1 Å². The molecule has 1 amide bonds. The summed E-state index contributed by atoms with van der Waals surface area (Å²) in [6.45, 7) is 4.00. The van der Waals surface area contributed by atoms with Gasteiger partial charge >= 0.3 is 0 Å². The first-order valence-corrected chi connectivity index (χ1v) is 9.52. The summed E-state index contributed by atoms with van der Waals surface area (Å²) in [6, 6.07) is 7.91. The molecule has 4 rings (SSSR count). The molecule has 0 radical (unpaired) electrons. The highest BCUT2D eigenvalue weighted by Crippen LogP contribution is 2.29. The number of nitrogens with one attached hydrogen (secondary N) is 1. The SMILES string of the molecule is CCOc1cc(CCC(=O)N2CCCC(c3cc4cccnc4[nH]3)C2)on1. The van der Waals surface area contributed by atoms with Crippen LogP contribution in [-0.4, -0.2) is 45.6 Å². The second-order valence-electron chi connectivity index (χ2n) is 6.91. The number of aromatic nitrogens is 3. The summed E-state index contributed by atoms with van der Waals surface area (Å²) >= 11 is 0. The smallest absolute Gasteiger partial charge is 0.254 e. The summed E-state index contributed by atoms with van der Waals surface area (Å²) in [5, 5.41) is 4.95. The first-order chi connectivity index (χ1) is 13.2. The fraction of sp³-hybridized carbons (Fsp3) is 0.450. The number of aryl methyl sites for hydroxylation is 1. The van der Waals surface area contributed by atoms with E-state index in [4.69, 9.17) is 9.26 Å². The van der Waals surface area contributed by atoms with E-state index < -0.39 is 0 Å². The lowest BCUT2D eigenvalue weighted by molar-refractivity contribution is -0.132. The fourth-order valence-electron chi connectivity index (χ4n) is 3.67. The summed E-state index contributed by atoms with van der Waals surface area (Å²) in [5.41, 5.74) is 2.07. The van der Waals surface area contributed by atoms with Crippen LogP contribution in [-0.2, 0) is 11.2 Å². The Hall–Kier alpha value is -2.83. The molecule has 142 valence electrons. The highest BCUT2D eigenvalue weighted by Gasteiger charge is 2.26. The van der Waals surface area contributed by atoms with E-state index in [1.807, 2.05) is 17.9 Å². The topological polar surface area (TPSA) is 84.2 Å². The number of ether oxygens (including phenoxy) is 1. The number of aromatic amines is 1. The molecule has 27 heavy (non-hydrogen) atoms. The Bertz CT molecular complexity index is 884. The molecule has 3 aromatic rings. The number of nitrogens with zero attached hydrogens (tertiary/aromatic N) is 3. The molecule has 0 aromatic carbocycles. The van der Waals surface area contributed by atoms with Crippen molar-refractivity contribution in [3.05, 3.63) is 41.9 Å². The van der Waals surface area contributed by atoms with Crippen molar-refractivity contribution in [1.29, 1.82) is 0 Å². The van der Waals surface area contributed by atoms with Crippen LogP contribution >= 0.6 is 0 Å². The fourth-order valence-corrected chi connectivity index (χ4v) is 3.67. The zero-order chi connectivity index (χ0) is 18.6. The molecule has 4 heterocycles. The van der Waals surface area contributed by atoms with Crippen LogP contribution in [0.3, 0.4) is 0 Å². The van der Waals surface area contributed by atoms with Crippen molar-refractivity contribution in [3.63, 3.8) is 0 Å². The number of hydrogen-bond donors (Lipinski definition) is 1. The molecule has 0 saturated carbocycles. The first-order valence-electron chi connectivity index (χ1n) is 9.52. The summed E-state index contributed by atoms with van der Waals surface area (Å²) < 4.78 is 10.5. The molecule has 1 N–H and O–H groups in total. The van der Waals surface area contributed by atoms with Crippen LogP contribution in [0.5, 0.6) is 5.88 Å². The molecular weight excluding hydrogens is 344 g/mol. The summed E-state index contributed by atoms with van der Waals surface area (Å²) in [6.07, 6.45) is 4.84. The van der Waals surface area contributed by atoms with E-state index in [0.29, 0.717) is 37.0 Å². The van der Waals surface area contributed by atoms with Gasteiger partial charge in [0.2, 0.25) is 5.91 Å². The van der Waals surface area contributed by atoms with Crippen molar-refractivity contribution in [2.24, 2.45) is 0 Å². The highest BCUT2D eigenvalue weighted by atomic mass is 16.5. The molecule has 3 aromatic heterocycles. The van der Waals surface area contributed by atoms with Crippen molar-refractivity contribution >= 4 is 16.9 Å². The maximum Gasteiger partial charge on any atom is 0.254 e. The van der Waals surface area contributed by atoms with Gasteiger partial charge < -0.3 is 19.1 Å². The Morgan fingerprint density at radius 3 is 3.22 bits per heavy atom. The second kappa shape index (κ2) is 7.82. The molecule has 1 atom stereocenters. The Kier molecular flexibility index (Phi) is 5.09. The second-order valence-corrected chi connectivity index (χ2v) is 6.91. The maximum absolute atomic E-state index is 12.7. The van der Waals surface area contributed by atoms with E-state index >= 15 is 0 Å². The van der Waals surface area contributed by atoms with Gasteiger partial charge in [-0.3, -0.25) is 4.79 Å². The van der Waals surface area contributed by atoms with Crippen LogP contribution in [0.4, 0.5) is 0 Å². The molecule has 0 bridgehead atoms. The van der Waals surface area contributed by atoms with Crippen LogP contribution in [0, 0.1) is 0 Å². The third kappa shape index (κ3) is 3.97. The predicted octanol–water partition coefficient (Wildman–Crippen LogP) is 3.29. The predicted molar refractivity (Wildman–Crippen MR) is 101 cm³/mol. The van der Waals surface area contributed by atoms with Gasteiger partial charge in [-0.2, -0.15) is 0 Å². The van der Waals surface area contributed by atoms with E-state index in [9.17, 15) is 4.79 Å².